The van der Waals surface area contributed by atoms with Crippen molar-refractivity contribution in [1.29, 1.82) is 0 Å². The Kier molecular flexibility index (Phi) is 6.33. The molecule has 1 aromatic heterocycles. The second-order valence-corrected chi connectivity index (χ2v) is 8.72. The first-order chi connectivity index (χ1) is 17.0. The molecule has 0 fully saturated rings. The van der Waals surface area contributed by atoms with Gasteiger partial charge in [0, 0.05) is 0 Å². The third kappa shape index (κ3) is 4.67. The van der Waals surface area contributed by atoms with Gasteiger partial charge in [0.25, 0.3) is 5.91 Å². The average Bonchev–Trinajstić information content (AvgIpc) is 3.58. The van der Waals surface area contributed by atoms with Crippen LogP contribution in [0.3, 0.4) is 0 Å². The zero-order valence-corrected chi connectivity index (χ0v) is 20.0. The van der Waals surface area contributed by atoms with E-state index in [1.165, 1.54) is 18.0 Å². The highest BCUT2D eigenvalue weighted by atomic mass is 32.2. The number of anilines is 1. The van der Waals surface area contributed by atoms with E-state index >= 15 is 0 Å². The molecule has 0 saturated carbocycles. The van der Waals surface area contributed by atoms with Crippen LogP contribution in [-0.2, 0) is 15.3 Å². The normalized spacial score (nSPS) is 15.6. The molecule has 0 bridgehead atoms. The molecule has 2 aliphatic rings. The lowest BCUT2D eigenvalue weighted by Gasteiger charge is -2.18. The molecule has 8 nitrogen and oxygen atoms in total. The molecule has 0 unspecified atom stereocenters. The van der Waals surface area contributed by atoms with E-state index in [1.54, 1.807) is 30.0 Å². The quantitative estimate of drug-likeness (QED) is 0.348. The van der Waals surface area contributed by atoms with Crippen molar-refractivity contribution in [1.82, 2.24) is 0 Å². The van der Waals surface area contributed by atoms with Gasteiger partial charge >= 0.3 is 5.97 Å². The minimum absolute atomic E-state index is 0.176. The maximum absolute atomic E-state index is 13.4. The Balaban J connectivity index is 1.45. The molecule has 3 aromatic rings. The van der Waals surface area contributed by atoms with E-state index in [4.69, 9.17) is 18.6 Å². The lowest BCUT2D eigenvalue weighted by atomic mass is 10.1. The SMILES string of the molecule is CCOC(=O)c1ccoc1CSC1=N/C(=C\c2ccc3c(c2)OCO3)C(=O)N1c1ccc(C)cc1. The summed E-state index contributed by atoms with van der Waals surface area (Å²) in [5, 5.41) is 0.483. The lowest BCUT2D eigenvalue weighted by molar-refractivity contribution is -0.113. The number of nitrogens with zero attached hydrogens (tertiary/aromatic N) is 2. The number of hydrogen-bond acceptors (Lipinski definition) is 8. The molecule has 5 rings (SSSR count). The van der Waals surface area contributed by atoms with Gasteiger partial charge in [-0.3, -0.25) is 9.69 Å². The zero-order valence-electron chi connectivity index (χ0n) is 19.1. The first-order valence-electron chi connectivity index (χ1n) is 11.0. The Labute approximate surface area is 206 Å². The van der Waals surface area contributed by atoms with E-state index in [-0.39, 0.29) is 25.0 Å². The van der Waals surface area contributed by atoms with Crippen molar-refractivity contribution in [3.63, 3.8) is 0 Å². The summed E-state index contributed by atoms with van der Waals surface area (Å²) in [4.78, 5) is 31.9. The molecule has 178 valence electrons. The minimum Gasteiger partial charge on any atom is -0.468 e. The summed E-state index contributed by atoms with van der Waals surface area (Å²) in [6.07, 6.45) is 3.17. The standard InChI is InChI=1S/C26H22N2O6S/c1-3-31-25(30)19-10-11-32-23(19)14-35-26-27-20(12-17-6-9-21-22(13-17)34-15-33-21)24(29)28(26)18-7-4-16(2)5-8-18/h4-13H,3,14-15H2,1-2H3/b20-12-. The number of esters is 1. The molecular formula is C26H22N2O6S. The second kappa shape index (κ2) is 9.71. The number of furan rings is 1. The van der Waals surface area contributed by atoms with E-state index in [2.05, 4.69) is 4.99 Å². The summed E-state index contributed by atoms with van der Waals surface area (Å²) < 4.78 is 21.4. The molecule has 2 aromatic carbocycles. The summed E-state index contributed by atoms with van der Waals surface area (Å²) in [5.41, 5.74) is 3.20. The number of thioether (sulfide) groups is 1. The fourth-order valence-electron chi connectivity index (χ4n) is 3.65. The van der Waals surface area contributed by atoms with Gasteiger partial charge in [-0.05, 0) is 55.8 Å². The molecule has 1 amide bonds. The predicted molar refractivity (Wildman–Crippen MR) is 133 cm³/mol. The van der Waals surface area contributed by atoms with Crippen LogP contribution in [-0.4, -0.2) is 30.4 Å². The number of fused-ring (bicyclic) bond motifs is 1. The van der Waals surface area contributed by atoms with E-state index in [0.717, 1.165) is 11.1 Å². The van der Waals surface area contributed by atoms with Gasteiger partial charge in [-0.2, -0.15) is 0 Å². The van der Waals surface area contributed by atoms with Crippen molar-refractivity contribution in [2.45, 2.75) is 19.6 Å². The highest BCUT2D eigenvalue weighted by molar-refractivity contribution is 8.13. The third-order valence-electron chi connectivity index (χ3n) is 5.39. The second-order valence-electron chi connectivity index (χ2n) is 7.78. The van der Waals surface area contributed by atoms with Crippen molar-refractivity contribution in [2.75, 3.05) is 18.3 Å². The molecule has 0 atom stereocenters. The van der Waals surface area contributed by atoms with Crippen molar-refractivity contribution < 1.29 is 28.2 Å². The molecule has 0 radical (unpaired) electrons. The molecule has 0 saturated heterocycles. The van der Waals surface area contributed by atoms with Gasteiger partial charge in [-0.15, -0.1) is 0 Å². The molecular weight excluding hydrogens is 468 g/mol. The Morgan fingerprint density at radius 3 is 2.74 bits per heavy atom. The first-order valence-corrected chi connectivity index (χ1v) is 12.0. The van der Waals surface area contributed by atoms with E-state index in [0.29, 0.717) is 39.4 Å². The summed E-state index contributed by atoms with van der Waals surface area (Å²) in [6, 6.07) is 14.7. The zero-order chi connectivity index (χ0) is 24.4. The number of aliphatic imine (C=N–C) groups is 1. The van der Waals surface area contributed by atoms with Crippen LogP contribution in [0.5, 0.6) is 11.5 Å². The van der Waals surface area contributed by atoms with Gasteiger partial charge in [0.2, 0.25) is 6.79 Å². The molecule has 2 aliphatic heterocycles. The van der Waals surface area contributed by atoms with Crippen LogP contribution in [0.4, 0.5) is 5.69 Å². The van der Waals surface area contributed by atoms with Gasteiger partial charge in [-0.25, -0.2) is 9.79 Å². The monoisotopic (exact) mass is 490 g/mol. The number of aryl methyl sites for hydroxylation is 1. The van der Waals surface area contributed by atoms with Crippen LogP contribution in [0.25, 0.3) is 6.08 Å². The Morgan fingerprint density at radius 2 is 1.94 bits per heavy atom. The van der Waals surface area contributed by atoms with Crippen LogP contribution in [0.15, 0.2) is 69.9 Å². The van der Waals surface area contributed by atoms with E-state index in [9.17, 15) is 9.59 Å². The van der Waals surface area contributed by atoms with Gasteiger partial charge in [0.1, 0.15) is 17.0 Å². The minimum atomic E-state index is -0.444. The molecule has 0 N–H and O–H groups in total. The largest absolute Gasteiger partial charge is 0.468 e. The maximum atomic E-state index is 13.4. The Hall–Kier alpha value is -3.98. The number of benzene rings is 2. The number of hydrogen-bond donors (Lipinski definition) is 0. The van der Waals surface area contributed by atoms with E-state index < -0.39 is 5.97 Å². The highest BCUT2D eigenvalue weighted by Gasteiger charge is 2.32. The van der Waals surface area contributed by atoms with Crippen molar-refractivity contribution in [2.24, 2.45) is 4.99 Å². The van der Waals surface area contributed by atoms with Crippen LogP contribution >= 0.6 is 11.8 Å². The molecule has 35 heavy (non-hydrogen) atoms. The van der Waals surface area contributed by atoms with Gasteiger partial charge in [0.15, 0.2) is 16.7 Å². The van der Waals surface area contributed by atoms with Crippen LogP contribution in [0.2, 0.25) is 0 Å². The van der Waals surface area contributed by atoms with Crippen LogP contribution in [0, 0.1) is 6.92 Å². The fraction of sp³-hybridized carbons (Fsp3) is 0.192. The molecule has 3 heterocycles. The number of amides is 1. The first kappa shape index (κ1) is 22.8. The third-order valence-corrected chi connectivity index (χ3v) is 6.33. The van der Waals surface area contributed by atoms with Gasteiger partial charge in [0.05, 0.1) is 24.3 Å². The number of ether oxygens (including phenoxy) is 3. The summed E-state index contributed by atoms with van der Waals surface area (Å²) in [6.45, 7) is 4.18. The smallest absolute Gasteiger partial charge is 0.341 e. The number of carbonyl (C=O) groups excluding carboxylic acids is 2. The van der Waals surface area contributed by atoms with Gasteiger partial charge < -0.3 is 18.6 Å². The number of amidine groups is 1. The van der Waals surface area contributed by atoms with Crippen molar-refractivity contribution in [3.05, 3.63) is 82.9 Å². The Morgan fingerprint density at radius 1 is 1.14 bits per heavy atom. The number of rotatable bonds is 6. The summed E-state index contributed by atoms with van der Waals surface area (Å²) in [7, 11) is 0. The van der Waals surface area contributed by atoms with Crippen molar-refractivity contribution in [3.8, 4) is 11.5 Å². The average molecular weight is 491 g/mol. The summed E-state index contributed by atoms with van der Waals surface area (Å²) in [5.74, 6) is 1.36. The van der Waals surface area contributed by atoms with Crippen LogP contribution in [0.1, 0.15) is 34.2 Å². The highest BCUT2D eigenvalue weighted by Crippen LogP contribution is 2.35. The number of carbonyl (C=O) groups is 2. The summed E-state index contributed by atoms with van der Waals surface area (Å²) >= 11 is 1.30. The molecule has 0 aliphatic carbocycles. The maximum Gasteiger partial charge on any atom is 0.341 e. The predicted octanol–water partition coefficient (Wildman–Crippen LogP) is 5.17. The topological polar surface area (TPSA) is 90.6 Å². The van der Waals surface area contributed by atoms with Gasteiger partial charge in [-0.1, -0.05) is 35.5 Å². The lowest BCUT2D eigenvalue weighted by Crippen LogP contribution is -2.30. The van der Waals surface area contributed by atoms with Crippen LogP contribution < -0.4 is 14.4 Å². The van der Waals surface area contributed by atoms with Crippen molar-refractivity contribution >= 4 is 40.6 Å². The molecule has 0 spiro atoms. The molecule has 9 heteroatoms. The Bertz CT molecular complexity index is 1340. The van der Waals surface area contributed by atoms with E-state index in [1.807, 2.05) is 43.3 Å². The fourth-order valence-corrected chi connectivity index (χ4v) is 4.61.